The normalized spacial score (nSPS) is 18.2. The Morgan fingerprint density at radius 1 is 1.58 bits per heavy atom. The minimum absolute atomic E-state index is 0.100. The molecule has 0 spiro atoms. The monoisotopic (exact) mass is 281 g/mol. The van der Waals surface area contributed by atoms with E-state index in [1.165, 1.54) is 17.7 Å². The lowest BCUT2D eigenvalue weighted by atomic mass is 9.84. The van der Waals surface area contributed by atoms with Crippen molar-refractivity contribution in [2.45, 2.75) is 39.5 Å². The number of hydrogen-bond acceptors (Lipinski definition) is 4. The highest BCUT2D eigenvalue weighted by Crippen LogP contribution is 2.25. The molecule has 5 heteroatoms. The fourth-order valence-corrected chi connectivity index (χ4v) is 3.34. The third kappa shape index (κ3) is 4.28. The summed E-state index contributed by atoms with van der Waals surface area (Å²) in [4.78, 5) is 17.4. The van der Waals surface area contributed by atoms with Crippen molar-refractivity contribution in [1.82, 2.24) is 10.3 Å². The van der Waals surface area contributed by atoms with Crippen LogP contribution in [0.4, 0.5) is 5.13 Å². The van der Waals surface area contributed by atoms with Crippen LogP contribution in [0.15, 0.2) is 6.20 Å². The largest absolute Gasteiger partial charge is 0.317 e. The minimum atomic E-state index is 0.100. The predicted octanol–water partition coefficient (Wildman–Crippen LogP) is 2.67. The summed E-state index contributed by atoms with van der Waals surface area (Å²) in [6.45, 7) is 6.46. The molecule has 19 heavy (non-hydrogen) atoms. The van der Waals surface area contributed by atoms with Crippen LogP contribution >= 0.6 is 11.3 Å². The summed E-state index contributed by atoms with van der Waals surface area (Å²) < 4.78 is 0. The number of amides is 1. The summed E-state index contributed by atoms with van der Waals surface area (Å²) in [5.41, 5.74) is 0. The molecule has 4 nitrogen and oxygen atoms in total. The number of piperidine rings is 1. The van der Waals surface area contributed by atoms with Crippen LogP contribution in [0.2, 0.25) is 0 Å². The van der Waals surface area contributed by atoms with Crippen molar-refractivity contribution in [3.63, 3.8) is 0 Å². The smallest absolute Gasteiger partial charge is 0.226 e. The highest BCUT2D eigenvalue weighted by Gasteiger charge is 2.22. The number of rotatable bonds is 5. The molecule has 1 amide bonds. The average molecular weight is 281 g/mol. The van der Waals surface area contributed by atoms with Gasteiger partial charge < -0.3 is 10.6 Å². The molecule has 1 aliphatic heterocycles. The zero-order valence-electron chi connectivity index (χ0n) is 11.7. The van der Waals surface area contributed by atoms with E-state index in [9.17, 15) is 4.79 Å². The van der Waals surface area contributed by atoms with E-state index in [0.29, 0.717) is 18.3 Å². The molecule has 2 rings (SSSR count). The molecule has 1 unspecified atom stereocenters. The number of thiazole rings is 1. The van der Waals surface area contributed by atoms with Crippen molar-refractivity contribution < 1.29 is 4.79 Å². The Bertz CT molecular complexity index is 413. The van der Waals surface area contributed by atoms with Gasteiger partial charge >= 0.3 is 0 Å². The highest BCUT2D eigenvalue weighted by atomic mass is 32.1. The van der Waals surface area contributed by atoms with Gasteiger partial charge in [-0.15, -0.1) is 11.3 Å². The van der Waals surface area contributed by atoms with Crippen LogP contribution in [0.1, 0.15) is 38.0 Å². The van der Waals surface area contributed by atoms with Gasteiger partial charge in [0.1, 0.15) is 0 Å². The number of nitrogens with zero attached hydrogens (tertiary/aromatic N) is 1. The number of hydrogen-bond donors (Lipinski definition) is 2. The van der Waals surface area contributed by atoms with Gasteiger partial charge in [0.25, 0.3) is 0 Å². The number of nitrogens with one attached hydrogen (secondary N) is 2. The second kappa shape index (κ2) is 7.01. The molecule has 1 atom stereocenters. The van der Waals surface area contributed by atoms with Crippen molar-refractivity contribution in [3.8, 4) is 0 Å². The highest BCUT2D eigenvalue weighted by molar-refractivity contribution is 7.15. The topological polar surface area (TPSA) is 54.0 Å². The van der Waals surface area contributed by atoms with Crippen LogP contribution in [-0.4, -0.2) is 24.0 Å². The Labute approximate surface area is 119 Å². The van der Waals surface area contributed by atoms with Gasteiger partial charge in [-0.3, -0.25) is 4.79 Å². The van der Waals surface area contributed by atoms with Crippen LogP contribution < -0.4 is 10.6 Å². The fraction of sp³-hybridized carbons (Fsp3) is 0.714. The molecule has 0 saturated carbocycles. The second-order valence-corrected chi connectivity index (χ2v) is 6.42. The van der Waals surface area contributed by atoms with E-state index in [4.69, 9.17) is 0 Å². The average Bonchev–Trinajstić information content (AvgIpc) is 2.87. The van der Waals surface area contributed by atoms with Crippen molar-refractivity contribution in [1.29, 1.82) is 0 Å². The molecule has 2 heterocycles. The zero-order valence-corrected chi connectivity index (χ0v) is 12.6. The van der Waals surface area contributed by atoms with E-state index in [1.54, 1.807) is 11.3 Å². The summed E-state index contributed by atoms with van der Waals surface area (Å²) in [7, 11) is 0. The molecular weight excluding hydrogens is 258 g/mol. The quantitative estimate of drug-likeness (QED) is 0.872. The van der Waals surface area contributed by atoms with Crippen molar-refractivity contribution in [3.05, 3.63) is 11.1 Å². The van der Waals surface area contributed by atoms with E-state index in [-0.39, 0.29) is 5.91 Å². The summed E-state index contributed by atoms with van der Waals surface area (Å²) >= 11 is 1.57. The van der Waals surface area contributed by atoms with Gasteiger partial charge in [-0.05, 0) is 44.2 Å². The van der Waals surface area contributed by atoms with Gasteiger partial charge in [-0.1, -0.05) is 13.8 Å². The molecule has 0 radical (unpaired) electrons. The molecule has 1 aromatic rings. The molecule has 1 aliphatic rings. The lowest BCUT2D eigenvalue weighted by Crippen LogP contribution is -2.32. The maximum atomic E-state index is 12.0. The van der Waals surface area contributed by atoms with E-state index in [1.807, 2.05) is 6.20 Å². The third-order valence-corrected chi connectivity index (χ3v) is 4.90. The molecule has 1 fully saturated rings. The second-order valence-electron chi connectivity index (χ2n) is 5.30. The molecular formula is C14H23N3OS. The molecule has 0 aliphatic carbocycles. The van der Waals surface area contributed by atoms with E-state index in [2.05, 4.69) is 29.5 Å². The Balaban J connectivity index is 1.79. The van der Waals surface area contributed by atoms with E-state index >= 15 is 0 Å². The molecule has 1 saturated heterocycles. The number of carbonyl (C=O) groups is 1. The van der Waals surface area contributed by atoms with Crippen molar-refractivity contribution >= 4 is 22.4 Å². The maximum Gasteiger partial charge on any atom is 0.226 e. The van der Waals surface area contributed by atoms with Gasteiger partial charge in [0, 0.05) is 17.5 Å². The van der Waals surface area contributed by atoms with Gasteiger partial charge in [0.15, 0.2) is 5.13 Å². The zero-order chi connectivity index (χ0) is 13.7. The molecule has 2 N–H and O–H groups in total. The molecule has 1 aromatic heterocycles. The first kappa shape index (κ1) is 14.5. The standard InChI is InChI=1S/C14H23N3OS/c1-3-12-9-16-14(19-12)17-13(18)8-10(2)11-4-6-15-7-5-11/h9-11,15H,3-8H2,1-2H3,(H,16,17,18). The molecule has 0 bridgehead atoms. The van der Waals surface area contributed by atoms with Crippen LogP contribution in [0, 0.1) is 11.8 Å². The summed E-state index contributed by atoms with van der Waals surface area (Å²) in [6.07, 6.45) is 5.79. The fourth-order valence-electron chi connectivity index (χ4n) is 2.57. The van der Waals surface area contributed by atoms with Gasteiger partial charge in [0.2, 0.25) is 5.91 Å². The van der Waals surface area contributed by atoms with Gasteiger partial charge in [-0.2, -0.15) is 0 Å². The first-order chi connectivity index (χ1) is 9.19. The first-order valence-corrected chi connectivity index (χ1v) is 7.96. The van der Waals surface area contributed by atoms with E-state index in [0.717, 1.165) is 24.6 Å². The van der Waals surface area contributed by atoms with Crippen LogP contribution in [0.3, 0.4) is 0 Å². The Morgan fingerprint density at radius 3 is 2.95 bits per heavy atom. The number of aromatic nitrogens is 1. The maximum absolute atomic E-state index is 12.0. The third-order valence-electron chi connectivity index (χ3n) is 3.84. The lowest BCUT2D eigenvalue weighted by Gasteiger charge is -2.27. The predicted molar refractivity (Wildman–Crippen MR) is 79.5 cm³/mol. The Kier molecular flexibility index (Phi) is 5.34. The van der Waals surface area contributed by atoms with Crippen molar-refractivity contribution in [2.24, 2.45) is 11.8 Å². The van der Waals surface area contributed by atoms with E-state index < -0.39 is 0 Å². The summed E-state index contributed by atoms with van der Waals surface area (Å²) in [5.74, 6) is 1.23. The lowest BCUT2D eigenvalue weighted by molar-refractivity contribution is -0.117. The number of aryl methyl sites for hydroxylation is 1. The van der Waals surface area contributed by atoms with Gasteiger partial charge in [0.05, 0.1) is 0 Å². The Morgan fingerprint density at radius 2 is 2.32 bits per heavy atom. The minimum Gasteiger partial charge on any atom is -0.317 e. The Hall–Kier alpha value is -0.940. The number of carbonyl (C=O) groups excluding carboxylic acids is 1. The summed E-state index contributed by atoms with van der Waals surface area (Å²) in [5, 5.41) is 7.02. The SMILES string of the molecule is CCc1cnc(NC(=O)CC(C)C2CCNCC2)s1. The van der Waals surface area contributed by atoms with Gasteiger partial charge in [-0.25, -0.2) is 4.98 Å². The van der Waals surface area contributed by atoms with Crippen LogP contribution in [-0.2, 0) is 11.2 Å². The summed E-state index contributed by atoms with van der Waals surface area (Å²) in [6, 6.07) is 0. The molecule has 0 aromatic carbocycles. The first-order valence-electron chi connectivity index (χ1n) is 7.14. The van der Waals surface area contributed by atoms with Crippen molar-refractivity contribution in [2.75, 3.05) is 18.4 Å². The number of anilines is 1. The van der Waals surface area contributed by atoms with Crippen LogP contribution in [0.25, 0.3) is 0 Å². The molecule has 106 valence electrons. The van der Waals surface area contributed by atoms with Crippen LogP contribution in [0.5, 0.6) is 0 Å².